The Morgan fingerprint density at radius 3 is 1.65 bits per heavy atom. The Balaban J connectivity index is 1.32. The summed E-state index contributed by atoms with van der Waals surface area (Å²) in [7, 11) is 0. The van der Waals surface area contributed by atoms with E-state index >= 15 is 0 Å². The topological polar surface area (TPSA) is 0 Å². The van der Waals surface area contributed by atoms with Gasteiger partial charge in [0.1, 0.15) is 0 Å². The maximum absolute atomic E-state index is 2.51. The third-order valence-electron chi connectivity index (χ3n) is 11.6. The van der Waals surface area contributed by atoms with Crippen molar-refractivity contribution in [1.82, 2.24) is 0 Å². The molecule has 0 aliphatic heterocycles. The molecule has 0 spiro atoms. The van der Waals surface area contributed by atoms with Crippen LogP contribution in [0.25, 0.3) is 98.7 Å². The molecule has 0 N–H and O–H groups in total. The van der Waals surface area contributed by atoms with E-state index in [9.17, 15) is 0 Å². The molecular weight excluding hydrogens is 589 g/mol. The summed E-state index contributed by atoms with van der Waals surface area (Å²) >= 11 is 0. The molecule has 0 radical (unpaired) electrons. The van der Waals surface area contributed by atoms with Crippen molar-refractivity contribution in [1.29, 1.82) is 0 Å². The highest BCUT2D eigenvalue weighted by Crippen LogP contribution is 2.59. The van der Waals surface area contributed by atoms with Crippen molar-refractivity contribution < 1.29 is 0 Å². The third kappa shape index (κ3) is 3.48. The van der Waals surface area contributed by atoms with E-state index in [1.54, 1.807) is 0 Å². The summed E-state index contributed by atoms with van der Waals surface area (Å²) in [5.74, 6) is 0. The summed E-state index contributed by atoms with van der Waals surface area (Å²) in [5.41, 5.74) is 16.1. The van der Waals surface area contributed by atoms with Crippen molar-refractivity contribution in [2.75, 3.05) is 0 Å². The maximum Gasteiger partial charge on any atom is 0.0159 e. The molecule has 49 heavy (non-hydrogen) atoms. The predicted molar refractivity (Wildman–Crippen MR) is 209 cm³/mol. The van der Waals surface area contributed by atoms with Crippen molar-refractivity contribution in [3.05, 3.63) is 169 Å². The van der Waals surface area contributed by atoms with Gasteiger partial charge in [-0.25, -0.2) is 0 Å². The molecule has 9 aromatic carbocycles. The van der Waals surface area contributed by atoms with Crippen LogP contribution in [0.15, 0.2) is 158 Å². The lowest BCUT2D eigenvalue weighted by atomic mass is 9.79. The Morgan fingerprint density at radius 1 is 0.327 bits per heavy atom. The van der Waals surface area contributed by atoms with E-state index in [0.29, 0.717) is 0 Å². The lowest BCUT2D eigenvalue weighted by Gasteiger charge is -2.24. The molecular formula is C49H32. The van der Waals surface area contributed by atoms with Gasteiger partial charge in [-0.3, -0.25) is 0 Å². The van der Waals surface area contributed by atoms with Crippen LogP contribution < -0.4 is 0 Å². The molecule has 0 nitrogen and oxygen atoms in total. The second kappa shape index (κ2) is 9.56. The minimum absolute atomic E-state index is 0.0756. The molecule has 0 saturated carbocycles. The smallest absolute Gasteiger partial charge is 0.0159 e. The standard InChI is InChI=1S/C49H32/c1-49(2)42-24-10-9-19-35(42)36-26-25-31(28-43(36)49)45-37-20-7-8-21-38(37)46(48-40-23-12-15-29-14-11-22-39(44(29)40)47(45)48)41-27-30-13-3-4-16-32(30)33-17-5-6-18-34(33)41/h3-28H,1-2H3. The van der Waals surface area contributed by atoms with Gasteiger partial charge < -0.3 is 0 Å². The van der Waals surface area contributed by atoms with Gasteiger partial charge in [-0.05, 0) is 122 Å². The Labute approximate surface area is 285 Å². The zero-order valence-electron chi connectivity index (χ0n) is 27.5. The van der Waals surface area contributed by atoms with Gasteiger partial charge in [0, 0.05) is 5.41 Å². The van der Waals surface area contributed by atoms with Crippen molar-refractivity contribution in [2.24, 2.45) is 0 Å². The van der Waals surface area contributed by atoms with E-state index in [-0.39, 0.29) is 5.41 Å². The van der Waals surface area contributed by atoms with Gasteiger partial charge in [-0.1, -0.05) is 159 Å². The van der Waals surface area contributed by atoms with Gasteiger partial charge in [0.15, 0.2) is 0 Å². The van der Waals surface area contributed by atoms with Crippen LogP contribution >= 0.6 is 0 Å². The van der Waals surface area contributed by atoms with E-state index in [2.05, 4.69) is 172 Å². The van der Waals surface area contributed by atoms with Crippen LogP contribution in [0.2, 0.25) is 0 Å². The van der Waals surface area contributed by atoms with Gasteiger partial charge in [0.05, 0.1) is 0 Å². The van der Waals surface area contributed by atoms with E-state index in [0.717, 1.165) is 0 Å². The van der Waals surface area contributed by atoms with Crippen LogP contribution in [-0.4, -0.2) is 0 Å². The van der Waals surface area contributed by atoms with Crippen molar-refractivity contribution in [3.8, 4) is 55.6 Å². The molecule has 9 aromatic rings. The Morgan fingerprint density at radius 2 is 0.878 bits per heavy atom. The zero-order chi connectivity index (χ0) is 32.4. The molecule has 0 unspecified atom stereocenters. The Bertz CT molecular complexity index is 2900. The van der Waals surface area contributed by atoms with Crippen molar-refractivity contribution in [2.45, 2.75) is 19.3 Å². The fourth-order valence-corrected chi connectivity index (χ4v) is 9.44. The van der Waals surface area contributed by atoms with Crippen LogP contribution in [0.1, 0.15) is 25.0 Å². The SMILES string of the molecule is CC1(C)c2ccccc2-c2ccc(-c3c4c(c(-c5cc6ccccc6c6ccccc56)c5ccccc35)-c3cccc5cccc-4c35)cc21. The number of hydrogen-bond acceptors (Lipinski definition) is 0. The second-order valence-electron chi connectivity index (χ2n) is 14.4. The highest BCUT2D eigenvalue weighted by atomic mass is 14.4. The van der Waals surface area contributed by atoms with Gasteiger partial charge >= 0.3 is 0 Å². The first-order valence-corrected chi connectivity index (χ1v) is 17.4. The van der Waals surface area contributed by atoms with Crippen LogP contribution in [0.4, 0.5) is 0 Å². The maximum atomic E-state index is 2.51. The highest BCUT2D eigenvalue weighted by Gasteiger charge is 2.36. The lowest BCUT2D eigenvalue weighted by Crippen LogP contribution is -2.14. The monoisotopic (exact) mass is 620 g/mol. The molecule has 0 atom stereocenters. The molecule has 0 heterocycles. The molecule has 11 rings (SSSR count). The van der Waals surface area contributed by atoms with Crippen molar-refractivity contribution in [3.63, 3.8) is 0 Å². The lowest BCUT2D eigenvalue weighted by molar-refractivity contribution is 0.660. The average molecular weight is 621 g/mol. The molecule has 0 fully saturated rings. The first kappa shape index (κ1) is 27.0. The van der Waals surface area contributed by atoms with Gasteiger partial charge in [0.2, 0.25) is 0 Å². The Kier molecular flexibility index (Phi) is 5.27. The summed E-state index contributed by atoms with van der Waals surface area (Å²) in [6, 6.07) is 59.4. The molecule has 0 bridgehead atoms. The summed E-state index contributed by atoms with van der Waals surface area (Å²) in [6.07, 6.45) is 0. The largest absolute Gasteiger partial charge is 0.0619 e. The quantitative estimate of drug-likeness (QED) is 0.169. The second-order valence-corrected chi connectivity index (χ2v) is 14.4. The van der Waals surface area contributed by atoms with Gasteiger partial charge in [-0.15, -0.1) is 0 Å². The summed E-state index contributed by atoms with van der Waals surface area (Å²) in [5, 5.41) is 10.4. The first-order valence-electron chi connectivity index (χ1n) is 17.4. The molecule has 228 valence electrons. The van der Waals surface area contributed by atoms with Gasteiger partial charge in [0.25, 0.3) is 0 Å². The summed E-state index contributed by atoms with van der Waals surface area (Å²) in [6.45, 7) is 4.77. The number of fused-ring (bicyclic) bond motifs is 10. The molecule has 0 aromatic heterocycles. The third-order valence-corrected chi connectivity index (χ3v) is 11.6. The molecule has 0 heteroatoms. The average Bonchev–Trinajstić information content (AvgIpc) is 3.60. The predicted octanol–water partition coefficient (Wildman–Crippen LogP) is 13.6. The van der Waals surface area contributed by atoms with E-state index in [1.165, 1.54) is 110 Å². The van der Waals surface area contributed by atoms with E-state index < -0.39 is 0 Å². The van der Waals surface area contributed by atoms with Crippen LogP contribution in [0.5, 0.6) is 0 Å². The fraction of sp³-hybridized carbons (Fsp3) is 0.0612. The van der Waals surface area contributed by atoms with Gasteiger partial charge in [-0.2, -0.15) is 0 Å². The Hall–Kier alpha value is -5.98. The van der Waals surface area contributed by atoms with Crippen molar-refractivity contribution >= 4 is 43.1 Å². The molecule has 2 aliphatic carbocycles. The first-order chi connectivity index (χ1) is 24.1. The minimum Gasteiger partial charge on any atom is -0.0619 e. The zero-order valence-corrected chi connectivity index (χ0v) is 27.5. The molecule has 0 saturated heterocycles. The number of hydrogen-bond donors (Lipinski definition) is 0. The van der Waals surface area contributed by atoms with Crippen LogP contribution in [-0.2, 0) is 5.41 Å². The minimum atomic E-state index is -0.0756. The van der Waals surface area contributed by atoms with Crippen LogP contribution in [0.3, 0.4) is 0 Å². The summed E-state index contributed by atoms with van der Waals surface area (Å²) < 4.78 is 0. The normalized spacial score (nSPS) is 13.7. The summed E-state index contributed by atoms with van der Waals surface area (Å²) in [4.78, 5) is 0. The van der Waals surface area contributed by atoms with E-state index in [1.807, 2.05) is 0 Å². The highest BCUT2D eigenvalue weighted by molar-refractivity contribution is 6.29. The number of rotatable bonds is 2. The van der Waals surface area contributed by atoms with E-state index in [4.69, 9.17) is 0 Å². The molecule has 2 aliphatic rings. The fourth-order valence-electron chi connectivity index (χ4n) is 9.44. The number of benzene rings is 9. The van der Waals surface area contributed by atoms with Crippen LogP contribution in [0, 0.1) is 0 Å². The molecule has 0 amide bonds.